The zero-order valence-corrected chi connectivity index (χ0v) is 12.5. The van der Waals surface area contributed by atoms with Gasteiger partial charge in [0, 0.05) is 45.0 Å². The van der Waals surface area contributed by atoms with Gasteiger partial charge in [-0.3, -0.25) is 4.90 Å². The van der Waals surface area contributed by atoms with E-state index in [1.807, 2.05) is 0 Å². The Morgan fingerprint density at radius 2 is 1.74 bits per heavy atom. The first kappa shape index (κ1) is 14.4. The molecular weight excluding hydrogens is 234 g/mol. The predicted octanol–water partition coefficient (Wildman–Crippen LogP) is 2.35. The lowest BCUT2D eigenvalue weighted by molar-refractivity contribution is 0.117. The van der Waals surface area contributed by atoms with Crippen molar-refractivity contribution in [3.8, 4) is 0 Å². The van der Waals surface area contributed by atoms with Crippen molar-refractivity contribution in [3.63, 3.8) is 0 Å². The number of nitrogen functional groups attached to an aromatic ring is 1. The molecule has 1 heterocycles. The van der Waals surface area contributed by atoms with E-state index in [1.54, 1.807) is 0 Å². The Balaban J connectivity index is 1.83. The lowest BCUT2D eigenvalue weighted by Crippen LogP contribution is -2.46. The molecule has 0 saturated carbocycles. The molecule has 1 fully saturated rings. The highest BCUT2D eigenvalue weighted by Gasteiger charge is 2.17. The number of piperazine rings is 1. The van der Waals surface area contributed by atoms with Gasteiger partial charge in [-0.2, -0.15) is 0 Å². The summed E-state index contributed by atoms with van der Waals surface area (Å²) < 4.78 is 0. The van der Waals surface area contributed by atoms with Gasteiger partial charge in [-0.15, -0.1) is 0 Å². The molecule has 0 aliphatic carbocycles. The molecule has 2 N–H and O–H groups in total. The highest BCUT2D eigenvalue weighted by molar-refractivity contribution is 5.48. The molecular formula is C16H27N3. The Labute approximate surface area is 117 Å². The Hall–Kier alpha value is -1.06. The van der Waals surface area contributed by atoms with Gasteiger partial charge in [0.25, 0.3) is 0 Å². The van der Waals surface area contributed by atoms with Crippen molar-refractivity contribution < 1.29 is 0 Å². The molecule has 1 saturated heterocycles. The van der Waals surface area contributed by atoms with Crippen LogP contribution in [0.25, 0.3) is 0 Å². The molecule has 0 aromatic heterocycles. The van der Waals surface area contributed by atoms with Crippen molar-refractivity contribution >= 4 is 5.69 Å². The zero-order valence-electron chi connectivity index (χ0n) is 12.5. The van der Waals surface area contributed by atoms with Gasteiger partial charge in [-0.05, 0) is 30.0 Å². The van der Waals surface area contributed by atoms with Crippen LogP contribution in [0, 0.1) is 12.8 Å². The van der Waals surface area contributed by atoms with Gasteiger partial charge in [0.05, 0.1) is 0 Å². The summed E-state index contributed by atoms with van der Waals surface area (Å²) in [7, 11) is 0. The maximum atomic E-state index is 5.98. The minimum Gasteiger partial charge on any atom is -0.399 e. The minimum atomic E-state index is 0.767. The molecule has 1 aliphatic heterocycles. The second-order valence-corrected chi connectivity index (χ2v) is 6.16. The van der Waals surface area contributed by atoms with Crippen molar-refractivity contribution in [2.75, 3.05) is 38.5 Å². The summed E-state index contributed by atoms with van der Waals surface area (Å²) >= 11 is 0. The molecule has 0 spiro atoms. The third-order valence-electron chi connectivity index (χ3n) is 3.84. The van der Waals surface area contributed by atoms with Crippen molar-refractivity contribution in [1.82, 2.24) is 9.80 Å². The molecule has 0 atom stereocenters. The highest BCUT2D eigenvalue weighted by Crippen LogP contribution is 2.15. The van der Waals surface area contributed by atoms with Gasteiger partial charge < -0.3 is 10.6 Å². The second kappa shape index (κ2) is 6.40. The standard InChI is InChI=1S/C16H27N3/c1-13(2)11-18-6-8-19(9-7-18)12-15-5-4-14(3)16(17)10-15/h4-5,10,13H,6-9,11-12,17H2,1-3H3. The number of nitrogens with zero attached hydrogens (tertiary/aromatic N) is 2. The van der Waals surface area contributed by atoms with E-state index in [0.717, 1.165) is 18.2 Å². The molecule has 1 aliphatic rings. The summed E-state index contributed by atoms with van der Waals surface area (Å²) in [5.74, 6) is 0.767. The van der Waals surface area contributed by atoms with E-state index >= 15 is 0 Å². The third-order valence-corrected chi connectivity index (χ3v) is 3.84. The van der Waals surface area contributed by atoms with Gasteiger partial charge in [-0.25, -0.2) is 0 Å². The summed E-state index contributed by atoms with van der Waals surface area (Å²) in [6.07, 6.45) is 0. The van der Waals surface area contributed by atoms with Crippen LogP contribution >= 0.6 is 0 Å². The normalized spacial score (nSPS) is 18.1. The molecule has 0 radical (unpaired) electrons. The van der Waals surface area contributed by atoms with Gasteiger partial charge in [0.15, 0.2) is 0 Å². The Bertz CT molecular complexity index is 406. The van der Waals surface area contributed by atoms with Crippen LogP contribution in [-0.2, 0) is 6.54 Å². The average Bonchev–Trinajstić information content (AvgIpc) is 2.36. The van der Waals surface area contributed by atoms with Gasteiger partial charge in [-0.1, -0.05) is 26.0 Å². The van der Waals surface area contributed by atoms with Crippen LogP contribution in [0.3, 0.4) is 0 Å². The quantitative estimate of drug-likeness (QED) is 0.845. The summed E-state index contributed by atoms with van der Waals surface area (Å²) in [6, 6.07) is 6.45. The predicted molar refractivity (Wildman–Crippen MR) is 82.1 cm³/mol. The smallest absolute Gasteiger partial charge is 0.0346 e. The van der Waals surface area contributed by atoms with Gasteiger partial charge in [0.2, 0.25) is 0 Å². The zero-order chi connectivity index (χ0) is 13.8. The molecule has 1 aromatic carbocycles. The van der Waals surface area contributed by atoms with E-state index in [-0.39, 0.29) is 0 Å². The van der Waals surface area contributed by atoms with E-state index in [2.05, 4.69) is 48.8 Å². The lowest BCUT2D eigenvalue weighted by atomic mass is 10.1. The number of rotatable bonds is 4. The van der Waals surface area contributed by atoms with Crippen LogP contribution in [-0.4, -0.2) is 42.5 Å². The van der Waals surface area contributed by atoms with E-state index in [4.69, 9.17) is 5.73 Å². The fraction of sp³-hybridized carbons (Fsp3) is 0.625. The van der Waals surface area contributed by atoms with E-state index in [1.165, 1.54) is 43.9 Å². The van der Waals surface area contributed by atoms with Crippen molar-refractivity contribution in [2.45, 2.75) is 27.3 Å². The van der Waals surface area contributed by atoms with Crippen molar-refractivity contribution in [3.05, 3.63) is 29.3 Å². The van der Waals surface area contributed by atoms with Crippen LogP contribution in [0.4, 0.5) is 5.69 Å². The molecule has 106 valence electrons. The Morgan fingerprint density at radius 3 is 2.32 bits per heavy atom. The van der Waals surface area contributed by atoms with Crippen LogP contribution in [0.5, 0.6) is 0 Å². The van der Waals surface area contributed by atoms with E-state index in [0.29, 0.717) is 0 Å². The van der Waals surface area contributed by atoms with Crippen molar-refractivity contribution in [2.24, 2.45) is 5.92 Å². The molecule has 3 nitrogen and oxygen atoms in total. The van der Waals surface area contributed by atoms with Crippen LogP contribution in [0.2, 0.25) is 0 Å². The third kappa shape index (κ3) is 4.22. The molecule has 0 bridgehead atoms. The summed E-state index contributed by atoms with van der Waals surface area (Å²) in [4.78, 5) is 5.10. The summed E-state index contributed by atoms with van der Waals surface area (Å²) in [6.45, 7) is 13.6. The fourth-order valence-corrected chi connectivity index (χ4v) is 2.69. The largest absolute Gasteiger partial charge is 0.399 e. The molecule has 3 heteroatoms. The Kier molecular flexibility index (Phi) is 4.83. The number of hydrogen-bond acceptors (Lipinski definition) is 3. The number of hydrogen-bond donors (Lipinski definition) is 1. The number of benzene rings is 1. The molecule has 1 aromatic rings. The minimum absolute atomic E-state index is 0.767. The molecule has 2 rings (SSSR count). The maximum Gasteiger partial charge on any atom is 0.0346 e. The Morgan fingerprint density at radius 1 is 1.11 bits per heavy atom. The summed E-state index contributed by atoms with van der Waals surface area (Å²) in [5, 5.41) is 0. The highest BCUT2D eigenvalue weighted by atomic mass is 15.3. The first-order valence-corrected chi connectivity index (χ1v) is 7.34. The first-order chi connectivity index (χ1) is 9.04. The number of aryl methyl sites for hydroxylation is 1. The van der Waals surface area contributed by atoms with Crippen LogP contribution in [0.15, 0.2) is 18.2 Å². The van der Waals surface area contributed by atoms with Crippen LogP contribution < -0.4 is 5.73 Å². The average molecular weight is 261 g/mol. The van der Waals surface area contributed by atoms with Crippen LogP contribution in [0.1, 0.15) is 25.0 Å². The molecule has 0 unspecified atom stereocenters. The lowest BCUT2D eigenvalue weighted by Gasteiger charge is -2.35. The topological polar surface area (TPSA) is 32.5 Å². The van der Waals surface area contributed by atoms with Gasteiger partial charge in [0.1, 0.15) is 0 Å². The fourth-order valence-electron chi connectivity index (χ4n) is 2.69. The molecule has 19 heavy (non-hydrogen) atoms. The SMILES string of the molecule is Cc1ccc(CN2CCN(CC(C)C)CC2)cc1N. The van der Waals surface area contributed by atoms with E-state index in [9.17, 15) is 0 Å². The first-order valence-electron chi connectivity index (χ1n) is 7.34. The molecule has 0 amide bonds. The van der Waals surface area contributed by atoms with Crippen molar-refractivity contribution in [1.29, 1.82) is 0 Å². The monoisotopic (exact) mass is 261 g/mol. The van der Waals surface area contributed by atoms with Gasteiger partial charge >= 0.3 is 0 Å². The van der Waals surface area contributed by atoms with E-state index < -0.39 is 0 Å². The maximum absolute atomic E-state index is 5.98. The number of anilines is 1. The summed E-state index contributed by atoms with van der Waals surface area (Å²) in [5.41, 5.74) is 9.39. The second-order valence-electron chi connectivity index (χ2n) is 6.16. The number of nitrogens with two attached hydrogens (primary N) is 1.